The van der Waals surface area contributed by atoms with Crippen LogP contribution in [0.25, 0.3) is 98.8 Å². The molecule has 9 aromatic carbocycles. The van der Waals surface area contributed by atoms with E-state index in [1.54, 1.807) is 6.07 Å². The smallest absolute Gasteiger partial charge is 0.136 e. The molecule has 0 unspecified atom stereocenters. The Kier molecular flexibility index (Phi) is 3.87. The van der Waals surface area contributed by atoms with E-state index in [4.69, 9.17) is 19.5 Å². The molecule has 1 heteroatoms. The van der Waals surface area contributed by atoms with Crippen LogP contribution in [0.3, 0.4) is 0 Å². The molecule has 1 aromatic heterocycles. The van der Waals surface area contributed by atoms with Crippen LogP contribution in [-0.4, -0.2) is 0 Å². The van der Waals surface area contributed by atoms with Crippen LogP contribution in [0.4, 0.5) is 0 Å². The summed E-state index contributed by atoms with van der Waals surface area (Å²) in [5.41, 5.74) is 3.49. The zero-order chi connectivity index (χ0) is 44.5. The van der Waals surface area contributed by atoms with E-state index in [9.17, 15) is 4.11 Å². The lowest BCUT2D eigenvalue weighted by molar-refractivity contribution is 0.669. The fraction of sp³-hybridized carbons (Fsp3) is 0. The Morgan fingerprint density at radius 2 is 0.878 bits per heavy atom. The van der Waals surface area contributed by atoms with E-state index in [2.05, 4.69) is 0 Å². The number of benzene rings is 9. The van der Waals surface area contributed by atoms with Crippen molar-refractivity contribution in [2.24, 2.45) is 0 Å². The molecule has 0 radical (unpaired) electrons. The molecule has 0 aliphatic rings. The highest BCUT2D eigenvalue weighted by atomic mass is 16.3. The predicted molar refractivity (Wildman–Crippen MR) is 208 cm³/mol. The Balaban J connectivity index is 1.31. The summed E-state index contributed by atoms with van der Waals surface area (Å²) in [6.07, 6.45) is 0. The van der Waals surface area contributed by atoms with Gasteiger partial charge < -0.3 is 4.42 Å². The van der Waals surface area contributed by atoms with E-state index < -0.39 is 54.4 Å². The molecule has 10 aromatic rings. The van der Waals surface area contributed by atoms with Crippen LogP contribution in [0.5, 0.6) is 0 Å². The maximum atomic E-state index is 9.69. The molecule has 49 heavy (non-hydrogen) atoms. The van der Waals surface area contributed by atoms with E-state index in [-0.39, 0.29) is 74.0 Å². The Bertz CT molecular complexity index is 3590. The van der Waals surface area contributed by atoms with Crippen LogP contribution in [0.15, 0.2) is 186 Å². The Labute approximate surface area is 304 Å². The largest absolute Gasteiger partial charge is 0.456 e. The van der Waals surface area contributed by atoms with Crippen molar-refractivity contribution in [1.82, 2.24) is 0 Å². The van der Waals surface area contributed by atoms with Gasteiger partial charge in [-0.1, -0.05) is 139 Å². The van der Waals surface area contributed by atoms with Gasteiger partial charge in [0, 0.05) is 10.8 Å². The fourth-order valence-corrected chi connectivity index (χ4v) is 6.80. The highest BCUT2D eigenvalue weighted by Crippen LogP contribution is 2.46. The van der Waals surface area contributed by atoms with E-state index in [1.165, 1.54) is 0 Å². The van der Waals surface area contributed by atoms with E-state index in [0.29, 0.717) is 38.2 Å². The van der Waals surface area contributed by atoms with Crippen molar-refractivity contribution in [3.8, 4) is 44.5 Å². The molecule has 0 saturated heterocycles. The van der Waals surface area contributed by atoms with Gasteiger partial charge in [0.15, 0.2) is 0 Å². The van der Waals surface area contributed by atoms with Crippen LogP contribution in [0, 0.1) is 0 Å². The van der Waals surface area contributed by atoms with Gasteiger partial charge in [0.2, 0.25) is 0 Å². The van der Waals surface area contributed by atoms with Crippen LogP contribution in [-0.2, 0) is 0 Å². The minimum Gasteiger partial charge on any atom is -0.456 e. The Hall–Kier alpha value is -6.44. The van der Waals surface area contributed by atoms with Crippen LogP contribution in [0.2, 0.25) is 0 Å². The molecule has 0 saturated carbocycles. The molecule has 228 valence electrons. The van der Waals surface area contributed by atoms with Gasteiger partial charge in [-0.25, -0.2) is 0 Å². The van der Waals surface area contributed by atoms with Gasteiger partial charge >= 0.3 is 0 Å². The van der Waals surface area contributed by atoms with Crippen LogP contribution < -0.4 is 0 Å². The third kappa shape index (κ3) is 4.55. The van der Waals surface area contributed by atoms with Gasteiger partial charge in [-0.2, -0.15) is 0 Å². The minimum atomic E-state index is -0.581. The monoisotopic (exact) mass is 636 g/mol. The first-order valence-corrected chi connectivity index (χ1v) is 15.7. The summed E-state index contributed by atoms with van der Waals surface area (Å²) in [5, 5.41) is 1.97. The molecule has 0 aliphatic carbocycles. The molecule has 0 amide bonds. The lowest BCUT2D eigenvalue weighted by Crippen LogP contribution is -1.92. The van der Waals surface area contributed by atoms with Crippen LogP contribution >= 0.6 is 0 Å². The minimum absolute atomic E-state index is 0.0443. The molecule has 0 N–H and O–H groups in total. The van der Waals surface area contributed by atoms with Gasteiger partial charge in [-0.05, 0) is 119 Å². The summed E-state index contributed by atoms with van der Waals surface area (Å²) in [6, 6.07) is 23.8. The molecular formula is C48H30O. The molecular weight excluding hydrogens is 593 g/mol. The number of hydrogen-bond acceptors (Lipinski definition) is 1. The third-order valence-electron chi connectivity index (χ3n) is 8.93. The lowest BCUT2D eigenvalue weighted by Gasteiger charge is -2.19. The highest BCUT2D eigenvalue weighted by Gasteiger charge is 2.19. The van der Waals surface area contributed by atoms with Crippen molar-refractivity contribution in [1.29, 1.82) is 0 Å². The normalized spacial score (nSPS) is 15.7. The fourth-order valence-electron chi connectivity index (χ4n) is 6.80. The topological polar surface area (TPSA) is 13.1 Å². The first-order valence-electron chi connectivity index (χ1n) is 22.7. The Morgan fingerprint density at radius 3 is 1.55 bits per heavy atom. The van der Waals surface area contributed by atoms with Gasteiger partial charge in [0.05, 0.1) is 19.2 Å². The van der Waals surface area contributed by atoms with Crippen molar-refractivity contribution in [3.05, 3.63) is 182 Å². The second kappa shape index (κ2) is 11.1. The third-order valence-corrected chi connectivity index (χ3v) is 8.93. The van der Waals surface area contributed by atoms with E-state index in [0.717, 1.165) is 16.7 Å². The molecule has 10 rings (SSSR count). The number of rotatable bonds is 4. The lowest BCUT2D eigenvalue weighted by atomic mass is 9.84. The molecule has 0 atom stereocenters. The van der Waals surface area contributed by atoms with Gasteiger partial charge in [-0.3, -0.25) is 0 Å². The summed E-state index contributed by atoms with van der Waals surface area (Å²) in [4.78, 5) is 0. The zero-order valence-corrected chi connectivity index (χ0v) is 25.6. The second-order valence-electron chi connectivity index (χ2n) is 11.8. The summed E-state index contributed by atoms with van der Waals surface area (Å²) in [6.45, 7) is 0. The molecule has 0 fully saturated rings. The quantitative estimate of drug-likeness (QED) is 0.175. The maximum Gasteiger partial charge on any atom is 0.136 e. The number of hydrogen-bond donors (Lipinski definition) is 0. The van der Waals surface area contributed by atoms with Gasteiger partial charge in [0.1, 0.15) is 11.2 Å². The zero-order valence-electron chi connectivity index (χ0n) is 39.6. The molecule has 1 heterocycles. The number of furan rings is 1. The second-order valence-corrected chi connectivity index (χ2v) is 11.8. The van der Waals surface area contributed by atoms with Crippen molar-refractivity contribution >= 4 is 54.3 Å². The van der Waals surface area contributed by atoms with Crippen molar-refractivity contribution in [3.63, 3.8) is 0 Å². The van der Waals surface area contributed by atoms with Crippen LogP contribution in [0.1, 0.15) is 19.2 Å². The summed E-state index contributed by atoms with van der Waals surface area (Å²) >= 11 is 0. The first-order chi connectivity index (χ1) is 30.1. The first kappa shape index (κ1) is 17.1. The summed E-state index contributed by atoms with van der Waals surface area (Å²) in [5.74, 6) is 0. The average Bonchev–Trinajstić information content (AvgIpc) is 3.71. The SMILES string of the molecule is [2H]c1c([2H])c([2H])c(-c2cc(-c3ccccc3)cc(-c3c4ccccc4c(-c4c([2H])c([2H])c5c(oc6c([2H])c7c([2H])c([2H])c([2H])c([2H])c7c([2H])c65)c4[2H])c4ccccc34)c2)c([2H])c1[2H]. The Morgan fingerprint density at radius 1 is 0.347 bits per heavy atom. The predicted octanol–water partition coefficient (Wildman–Crippen LogP) is 13.7. The van der Waals surface area contributed by atoms with Gasteiger partial charge in [-0.15, -0.1) is 0 Å². The van der Waals surface area contributed by atoms with Crippen molar-refractivity contribution < 1.29 is 23.6 Å². The number of fused-ring (bicyclic) bond motifs is 6. The van der Waals surface area contributed by atoms with Gasteiger partial charge in [0.25, 0.3) is 0 Å². The summed E-state index contributed by atoms with van der Waals surface area (Å²) < 4.78 is 130. The molecule has 1 nitrogen and oxygen atoms in total. The van der Waals surface area contributed by atoms with E-state index in [1.807, 2.05) is 91.0 Å². The highest BCUT2D eigenvalue weighted by molar-refractivity contribution is 6.22. The van der Waals surface area contributed by atoms with Crippen molar-refractivity contribution in [2.45, 2.75) is 0 Å². The van der Waals surface area contributed by atoms with Crippen molar-refractivity contribution in [2.75, 3.05) is 0 Å². The standard InChI is InChI=1S/C48H30O/c1-3-13-31(14-4-1)36-25-37(32-15-5-2-6-16-32)27-38(26-36)48-42-21-11-9-19-40(42)47(41-20-10-12-22-43(41)48)35-23-24-39-44-28-33-17-7-8-18-34(33)29-46(44)49-45(39)30-35/h1-30H/i1D,3D,4D,7D,8D,13D,14D,17D,18D,23D,24D,28D,29D,30D. The maximum absolute atomic E-state index is 9.69. The molecule has 0 bridgehead atoms. The molecule has 0 spiro atoms. The summed E-state index contributed by atoms with van der Waals surface area (Å²) in [7, 11) is 0. The average molecular weight is 637 g/mol. The molecule has 0 aliphatic heterocycles. The van der Waals surface area contributed by atoms with E-state index >= 15 is 0 Å².